The lowest BCUT2D eigenvalue weighted by molar-refractivity contribution is -0.106. The molecule has 0 bridgehead atoms. The summed E-state index contributed by atoms with van der Waals surface area (Å²) in [6.45, 7) is 2.75. The van der Waals surface area contributed by atoms with Crippen LogP contribution in [0.2, 0.25) is 0 Å². The number of nitrogens with one attached hydrogen (secondary N) is 4. The van der Waals surface area contributed by atoms with Gasteiger partial charge in [-0.15, -0.1) is 11.3 Å². The summed E-state index contributed by atoms with van der Waals surface area (Å²) < 4.78 is 78.3. The lowest BCUT2D eigenvalue weighted by Crippen LogP contribution is -2.44. The van der Waals surface area contributed by atoms with Crippen LogP contribution in [0.15, 0.2) is 48.7 Å². The van der Waals surface area contributed by atoms with Crippen molar-refractivity contribution < 1.29 is 26.0 Å². The van der Waals surface area contributed by atoms with E-state index in [4.69, 9.17) is 0 Å². The van der Waals surface area contributed by atoms with Crippen molar-refractivity contribution in [2.45, 2.75) is 31.7 Å². The van der Waals surface area contributed by atoms with Crippen LogP contribution in [0.25, 0.3) is 21.3 Å². The summed E-state index contributed by atoms with van der Waals surface area (Å²) in [5, 5.41) is 11.2. The topological polar surface area (TPSA) is 121 Å². The van der Waals surface area contributed by atoms with Crippen LogP contribution in [-0.4, -0.2) is 60.6 Å². The van der Waals surface area contributed by atoms with Crippen LogP contribution < -0.4 is 20.7 Å². The van der Waals surface area contributed by atoms with Crippen molar-refractivity contribution in [3.05, 3.63) is 53.7 Å². The zero-order valence-corrected chi connectivity index (χ0v) is 22.7. The number of sulfonamides is 1. The maximum atomic E-state index is 13.8. The molecule has 40 heavy (non-hydrogen) atoms. The highest BCUT2D eigenvalue weighted by Gasteiger charge is 2.35. The van der Waals surface area contributed by atoms with E-state index in [1.807, 2.05) is 6.92 Å². The molecule has 2 aromatic heterocycles. The highest BCUT2D eigenvalue weighted by atomic mass is 32.2. The van der Waals surface area contributed by atoms with Crippen molar-refractivity contribution in [2.24, 2.45) is 0 Å². The monoisotopic (exact) mass is 595 g/mol. The van der Waals surface area contributed by atoms with Crippen LogP contribution in [0.4, 0.5) is 40.7 Å². The third-order valence-corrected chi connectivity index (χ3v) is 8.28. The number of rotatable bonds is 8. The summed E-state index contributed by atoms with van der Waals surface area (Å²) in [5.41, 5.74) is 1.18. The van der Waals surface area contributed by atoms with Gasteiger partial charge in [0, 0.05) is 48.2 Å². The molecule has 0 aliphatic carbocycles. The molecule has 0 unspecified atom stereocenters. The Hall–Kier alpha value is -3.56. The normalized spacial score (nSPS) is 18.0. The molecule has 15 heteroatoms. The van der Waals surface area contributed by atoms with E-state index in [-0.39, 0.29) is 11.7 Å². The SMILES string of the molecule is Cc1nc(Nc2ccc(NS(=O)(=O)CC(F)(F)F)c3ccccc23)c(-c2ccnc(N[C@@H]3CNC[C@@H](F)C3)n2)s1. The van der Waals surface area contributed by atoms with Gasteiger partial charge in [-0.3, -0.25) is 4.72 Å². The van der Waals surface area contributed by atoms with Crippen molar-refractivity contribution in [1.82, 2.24) is 20.3 Å². The summed E-state index contributed by atoms with van der Waals surface area (Å²) in [4.78, 5) is 14.2. The fourth-order valence-corrected chi connectivity index (χ4v) is 6.33. The molecule has 0 radical (unpaired) electrons. The van der Waals surface area contributed by atoms with Crippen molar-refractivity contribution in [1.29, 1.82) is 0 Å². The molecule has 2 aromatic carbocycles. The van der Waals surface area contributed by atoms with Gasteiger partial charge >= 0.3 is 6.18 Å². The molecule has 2 atom stereocenters. The summed E-state index contributed by atoms with van der Waals surface area (Å²) in [7, 11) is -4.66. The molecule has 212 valence electrons. The molecule has 5 rings (SSSR count). The first kappa shape index (κ1) is 28.0. The maximum Gasteiger partial charge on any atom is 0.404 e. The minimum Gasteiger partial charge on any atom is -0.350 e. The molecule has 4 N–H and O–H groups in total. The van der Waals surface area contributed by atoms with Crippen LogP contribution in [0.3, 0.4) is 0 Å². The van der Waals surface area contributed by atoms with Gasteiger partial charge in [0.1, 0.15) is 6.17 Å². The van der Waals surface area contributed by atoms with Gasteiger partial charge in [-0.05, 0) is 25.1 Å². The zero-order chi connectivity index (χ0) is 28.5. The lowest BCUT2D eigenvalue weighted by atomic mass is 10.1. The number of piperidine rings is 1. The maximum absolute atomic E-state index is 13.8. The average molecular weight is 596 g/mol. The Morgan fingerprint density at radius 3 is 2.50 bits per heavy atom. The van der Waals surface area contributed by atoms with Crippen LogP contribution in [0, 0.1) is 6.92 Å². The van der Waals surface area contributed by atoms with Crippen molar-refractivity contribution in [3.63, 3.8) is 0 Å². The van der Waals surface area contributed by atoms with Gasteiger partial charge in [0.2, 0.25) is 16.0 Å². The average Bonchev–Trinajstić information content (AvgIpc) is 3.24. The van der Waals surface area contributed by atoms with Gasteiger partial charge in [0.05, 0.1) is 21.3 Å². The molecule has 1 aliphatic rings. The first-order chi connectivity index (χ1) is 19.0. The van der Waals surface area contributed by atoms with E-state index in [0.717, 1.165) is 5.01 Å². The van der Waals surface area contributed by atoms with Crippen molar-refractivity contribution in [2.75, 3.05) is 34.2 Å². The van der Waals surface area contributed by atoms with Crippen molar-refractivity contribution in [3.8, 4) is 10.6 Å². The van der Waals surface area contributed by atoms with Crippen LogP contribution in [-0.2, 0) is 10.0 Å². The number of halogens is 4. The molecule has 1 aliphatic heterocycles. The Morgan fingerprint density at radius 1 is 1.05 bits per heavy atom. The fraction of sp³-hybridized carbons (Fsp3) is 0.320. The Morgan fingerprint density at radius 2 is 1.77 bits per heavy atom. The van der Waals surface area contributed by atoms with Gasteiger partial charge in [-0.1, -0.05) is 24.3 Å². The Labute approximate surface area is 231 Å². The summed E-state index contributed by atoms with van der Waals surface area (Å²) in [6.07, 6.45) is -3.87. The zero-order valence-electron chi connectivity index (χ0n) is 21.1. The number of hydrogen-bond donors (Lipinski definition) is 4. The molecule has 0 spiro atoms. The number of anilines is 4. The summed E-state index contributed by atoms with van der Waals surface area (Å²) in [6, 6.07) is 11.3. The number of benzene rings is 2. The largest absolute Gasteiger partial charge is 0.404 e. The smallest absolute Gasteiger partial charge is 0.350 e. The minimum atomic E-state index is -4.87. The Kier molecular flexibility index (Phi) is 7.79. The first-order valence-electron chi connectivity index (χ1n) is 12.2. The molecular weight excluding hydrogens is 570 g/mol. The third kappa shape index (κ3) is 6.77. The molecule has 0 amide bonds. The Balaban J connectivity index is 1.43. The van der Waals surface area contributed by atoms with Crippen LogP contribution >= 0.6 is 11.3 Å². The number of thiazole rings is 1. The highest BCUT2D eigenvalue weighted by Crippen LogP contribution is 2.38. The second kappa shape index (κ2) is 11.1. The molecule has 1 fully saturated rings. The van der Waals surface area contributed by atoms with Gasteiger partial charge in [-0.25, -0.2) is 27.8 Å². The molecular formula is C25H25F4N7O2S2. The predicted octanol–water partition coefficient (Wildman–Crippen LogP) is 5.22. The molecule has 0 saturated carbocycles. The van der Waals surface area contributed by atoms with E-state index < -0.39 is 28.1 Å². The highest BCUT2D eigenvalue weighted by molar-refractivity contribution is 7.92. The molecule has 1 saturated heterocycles. The fourth-order valence-electron chi connectivity index (χ4n) is 4.47. The van der Waals surface area contributed by atoms with E-state index in [1.54, 1.807) is 42.6 Å². The number of fused-ring (bicyclic) bond motifs is 1. The number of aryl methyl sites for hydroxylation is 1. The Bertz CT molecular complexity index is 1630. The quantitative estimate of drug-likeness (QED) is 0.205. The number of nitrogens with zero attached hydrogens (tertiary/aromatic N) is 3. The van der Waals surface area contributed by atoms with Gasteiger partial charge in [0.15, 0.2) is 11.6 Å². The third-order valence-electron chi connectivity index (χ3n) is 6.05. The van der Waals surface area contributed by atoms with Gasteiger partial charge in [-0.2, -0.15) is 13.2 Å². The molecule has 3 heterocycles. The lowest BCUT2D eigenvalue weighted by Gasteiger charge is -2.26. The van der Waals surface area contributed by atoms with E-state index in [9.17, 15) is 26.0 Å². The van der Waals surface area contributed by atoms with E-state index >= 15 is 0 Å². The summed E-state index contributed by atoms with van der Waals surface area (Å²) >= 11 is 1.40. The molecule has 4 aromatic rings. The standard InChI is InChI=1S/C25H25F4N7O2S2/c1-14-32-23(22(39-14)21-8-9-31-24(35-21)33-16-10-15(26)11-30-12-16)34-19-6-7-20(18-5-3-2-4-17(18)19)36-40(37,38)13-25(27,28)29/h2-9,15-16,30,34,36H,10-13H2,1H3,(H,31,33,35)/t15-,16-/m0/s1. The van der Waals surface area contributed by atoms with Gasteiger partial charge < -0.3 is 16.0 Å². The van der Waals surface area contributed by atoms with Crippen LogP contribution in [0.5, 0.6) is 0 Å². The minimum absolute atomic E-state index is 0.0271. The van der Waals surface area contributed by atoms with Crippen molar-refractivity contribution >= 4 is 55.3 Å². The molecule has 9 nitrogen and oxygen atoms in total. The van der Waals surface area contributed by atoms with E-state index in [2.05, 4.69) is 35.6 Å². The number of alkyl halides is 4. The van der Waals surface area contributed by atoms with E-state index in [0.29, 0.717) is 58.3 Å². The van der Waals surface area contributed by atoms with Crippen LogP contribution in [0.1, 0.15) is 11.4 Å². The first-order valence-corrected chi connectivity index (χ1v) is 14.7. The van der Waals surface area contributed by atoms with E-state index in [1.165, 1.54) is 17.4 Å². The second-order valence-corrected chi connectivity index (χ2v) is 12.2. The van der Waals surface area contributed by atoms with Gasteiger partial charge in [0.25, 0.3) is 0 Å². The number of hydrogen-bond acceptors (Lipinski definition) is 9. The summed E-state index contributed by atoms with van der Waals surface area (Å²) in [5.74, 6) is -1.14. The number of aromatic nitrogens is 3. The predicted molar refractivity (Wildman–Crippen MR) is 148 cm³/mol. The second-order valence-electron chi connectivity index (χ2n) is 9.32.